The summed E-state index contributed by atoms with van der Waals surface area (Å²) in [6.07, 6.45) is 6.91. The zero-order valence-electron chi connectivity index (χ0n) is 29.9. The van der Waals surface area contributed by atoms with Crippen molar-refractivity contribution in [1.29, 1.82) is 0 Å². The standard InChI is InChI=1S/C37H49ClN4O8/c1-8-48-34(45)37-18-23(37)13-10-9-12-21(2)16-22(3)30(40-35(46)50-36(4,5)6)33(44)42-20-24(17-27(42)31(43)41-37)49-32-25-14-11-15-26(38)29(25)28(47-7)19-39-32/h10-11,13-15,19,21-24,27,30H,8-9,12,16-18,20H2,1-7H3,(H,40,46)(H,41,43)/b13-10-/t21?,22-,23-,24-,27+,30?,37-/m1/s1. The molecule has 13 heteroatoms. The van der Waals surface area contributed by atoms with Gasteiger partial charge in [-0.05, 0) is 77.3 Å². The lowest BCUT2D eigenvalue weighted by atomic mass is 9.88. The van der Waals surface area contributed by atoms with Gasteiger partial charge in [0.15, 0.2) is 0 Å². The highest BCUT2D eigenvalue weighted by Gasteiger charge is 2.62. The molecule has 50 heavy (non-hydrogen) atoms. The number of ether oxygens (including phenoxy) is 4. The molecule has 3 heterocycles. The highest BCUT2D eigenvalue weighted by molar-refractivity contribution is 6.36. The van der Waals surface area contributed by atoms with Crippen molar-refractivity contribution in [2.24, 2.45) is 17.8 Å². The van der Waals surface area contributed by atoms with Crippen LogP contribution >= 0.6 is 11.6 Å². The molecule has 2 aromatic rings. The number of pyridine rings is 1. The first-order valence-corrected chi connectivity index (χ1v) is 17.8. The van der Waals surface area contributed by atoms with Crippen LogP contribution in [0.2, 0.25) is 5.02 Å². The zero-order valence-corrected chi connectivity index (χ0v) is 30.7. The minimum atomic E-state index is -1.23. The van der Waals surface area contributed by atoms with Crippen LogP contribution in [-0.2, 0) is 23.9 Å². The molecule has 2 fully saturated rings. The number of nitrogens with one attached hydrogen (secondary N) is 2. The van der Waals surface area contributed by atoms with Gasteiger partial charge in [0.1, 0.15) is 35.1 Å². The number of carbonyl (C=O) groups is 4. The number of nitrogens with zero attached hydrogens (tertiary/aromatic N) is 2. The van der Waals surface area contributed by atoms with Gasteiger partial charge in [0.2, 0.25) is 17.7 Å². The normalized spacial score (nSPS) is 29.4. The largest absolute Gasteiger partial charge is 0.494 e. The lowest BCUT2D eigenvalue weighted by molar-refractivity contribution is -0.150. The number of amides is 3. The molecule has 1 aromatic heterocycles. The molecule has 272 valence electrons. The number of allylic oxidation sites excluding steroid dienone is 1. The Balaban J connectivity index is 1.52. The lowest BCUT2D eigenvalue weighted by Gasteiger charge is -2.33. The Morgan fingerprint density at radius 2 is 1.94 bits per heavy atom. The Morgan fingerprint density at radius 3 is 2.64 bits per heavy atom. The Morgan fingerprint density at radius 1 is 1.18 bits per heavy atom. The third kappa shape index (κ3) is 8.11. The van der Waals surface area contributed by atoms with Crippen LogP contribution in [0.1, 0.15) is 73.6 Å². The van der Waals surface area contributed by atoms with E-state index in [2.05, 4.69) is 22.5 Å². The molecular formula is C37H49ClN4O8. The highest BCUT2D eigenvalue weighted by Crippen LogP contribution is 2.46. The monoisotopic (exact) mass is 712 g/mol. The first kappa shape index (κ1) is 37.2. The topological polar surface area (TPSA) is 145 Å². The average molecular weight is 713 g/mol. The van der Waals surface area contributed by atoms with Gasteiger partial charge >= 0.3 is 12.1 Å². The summed E-state index contributed by atoms with van der Waals surface area (Å²) in [6.45, 7) is 11.2. The number of fused-ring (bicyclic) bond motifs is 3. The number of esters is 1. The predicted molar refractivity (Wildman–Crippen MR) is 188 cm³/mol. The Hall–Kier alpha value is -4.06. The van der Waals surface area contributed by atoms with Gasteiger partial charge in [-0.1, -0.05) is 43.7 Å². The van der Waals surface area contributed by atoms with Crippen molar-refractivity contribution in [3.8, 4) is 11.6 Å². The van der Waals surface area contributed by atoms with Crippen LogP contribution in [0.4, 0.5) is 4.79 Å². The molecule has 1 aromatic carbocycles. The van der Waals surface area contributed by atoms with Crippen LogP contribution in [-0.4, -0.2) is 83.3 Å². The van der Waals surface area contributed by atoms with Gasteiger partial charge in [-0.2, -0.15) is 0 Å². The molecule has 2 aliphatic heterocycles. The minimum Gasteiger partial charge on any atom is -0.494 e. The van der Waals surface area contributed by atoms with Crippen LogP contribution < -0.4 is 20.1 Å². The fourth-order valence-corrected chi connectivity index (χ4v) is 7.36. The Labute approximate surface area is 298 Å². The number of carbonyl (C=O) groups excluding carboxylic acids is 4. The average Bonchev–Trinajstić information content (AvgIpc) is 3.57. The van der Waals surface area contributed by atoms with E-state index in [1.54, 1.807) is 39.8 Å². The fraction of sp³-hybridized carbons (Fsp3) is 0.595. The Kier molecular flexibility index (Phi) is 11.2. The SMILES string of the molecule is CCOC(=O)[C@@]12C[C@H]1/C=C\CCC(C)C[C@@H](C)C(NC(=O)OC(C)(C)C)C(=O)N1C[C@H](Oc3ncc(OC)c4c(Cl)cccc34)C[C@H]1C(=O)N2. The molecule has 2 N–H and O–H groups in total. The second kappa shape index (κ2) is 15.0. The summed E-state index contributed by atoms with van der Waals surface area (Å²) >= 11 is 6.54. The summed E-state index contributed by atoms with van der Waals surface area (Å²) in [5.74, 6) is -1.02. The first-order valence-electron chi connectivity index (χ1n) is 17.4. The molecule has 2 unspecified atom stereocenters. The van der Waals surface area contributed by atoms with Gasteiger partial charge in [-0.15, -0.1) is 0 Å². The van der Waals surface area contributed by atoms with Crippen LogP contribution in [0.25, 0.3) is 10.8 Å². The first-order chi connectivity index (χ1) is 23.7. The summed E-state index contributed by atoms with van der Waals surface area (Å²) in [6, 6.07) is 3.32. The van der Waals surface area contributed by atoms with Gasteiger partial charge in [0.05, 0.1) is 31.5 Å². The summed E-state index contributed by atoms with van der Waals surface area (Å²) in [4.78, 5) is 61.2. The molecule has 1 aliphatic carbocycles. The van der Waals surface area contributed by atoms with Gasteiger partial charge in [-0.25, -0.2) is 14.6 Å². The van der Waals surface area contributed by atoms with E-state index in [0.29, 0.717) is 34.4 Å². The van der Waals surface area contributed by atoms with Crippen molar-refractivity contribution >= 4 is 46.3 Å². The molecule has 1 saturated heterocycles. The number of methoxy groups -OCH3 is 1. The van der Waals surface area contributed by atoms with Crippen molar-refractivity contribution in [3.63, 3.8) is 0 Å². The van der Waals surface area contributed by atoms with Gasteiger partial charge in [0, 0.05) is 23.1 Å². The molecule has 0 spiro atoms. The van der Waals surface area contributed by atoms with Crippen molar-refractivity contribution in [2.45, 2.75) is 103 Å². The molecule has 0 radical (unpaired) electrons. The van der Waals surface area contributed by atoms with Crippen LogP contribution in [0, 0.1) is 17.8 Å². The van der Waals surface area contributed by atoms with E-state index < -0.39 is 53.2 Å². The van der Waals surface area contributed by atoms with Crippen LogP contribution in [0.3, 0.4) is 0 Å². The maximum absolute atomic E-state index is 14.6. The summed E-state index contributed by atoms with van der Waals surface area (Å²) in [7, 11) is 1.53. The van der Waals surface area contributed by atoms with Crippen LogP contribution in [0.5, 0.6) is 11.6 Å². The molecule has 3 aliphatic rings. The smallest absolute Gasteiger partial charge is 0.408 e. The van der Waals surface area contributed by atoms with Crippen molar-refractivity contribution in [1.82, 2.24) is 20.5 Å². The van der Waals surface area contributed by atoms with Crippen molar-refractivity contribution in [2.75, 3.05) is 20.3 Å². The second-order valence-electron chi connectivity index (χ2n) is 14.7. The molecule has 12 nitrogen and oxygen atoms in total. The summed E-state index contributed by atoms with van der Waals surface area (Å²) in [5.41, 5.74) is -2.01. The Bertz CT molecular complexity index is 1640. The number of hydrogen-bond acceptors (Lipinski definition) is 9. The van der Waals surface area contributed by atoms with Crippen molar-refractivity contribution in [3.05, 3.63) is 41.6 Å². The molecule has 5 rings (SSSR count). The van der Waals surface area contributed by atoms with Gasteiger partial charge in [-0.3, -0.25) is 9.59 Å². The maximum atomic E-state index is 14.6. The number of halogens is 1. The van der Waals surface area contributed by atoms with E-state index in [4.69, 9.17) is 30.5 Å². The van der Waals surface area contributed by atoms with E-state index in [0.717, 1.165) is 12.8 Å². The van der Waals surface area contributed by atoms with E-state index in [1.807, 2.05) is 25.1 Å². The van der Waals surface area contributed by atoms with E-state index in [9.17, 15) is 19.2 Å². The van der Waals surface area contributed by atoms with Gasteiger partial charge in [0.25, 0.3) is 0 Å². The quantitative estimate of drug-likeness (QED) is 0.289. The molecule has 7 atom stereocenters. The number of hydrogen-bond donors (Lipinski definition) is 2. The van der Waals surface area contributed by atoms with E-state index in [1.165, 1.54) is 18.2 Å². The summed E-state index contributed by atoms with van der Waals surface area (Å²) < 4.78 is 22.9. The van der Waals surface area contributed by atoms with Gasteiger partial charge < -0.3 is 34.5 Å². The minimum absolute atomic E-state index is 0.0250. The van der Waals surface area contributed by atoms with E-state index >= 15 is 0 Å². The maximum Gasteiger partial charge on any atom is 0.408 e. The number of benzene rings is 1. The second-order valence-corrected chi connectivity index (χ2v) is 15.1. The molecule has 3 amide bonds. The molecule has 1 saturated carbocycles. The molecule has 0 bridgehead atoms. The zero-order chi connectivity index (χ0) is 36.4. The lowest BCUT2D eigenvalue weighted by Crippen LogP contribution is -2.58. The third-order valence-corrected chi connectivity index (χ3v) is 9.93. The summed E-state index contributed by atoms with van der Waals surface area (Å²) in [5, 5.41) is 7.50. The third-order valence-electron chi connectivity index (χ3n) is 9.61. The number of rotatable bonds is 6. The highest BCUT2D eigenvalue weighted by atomic mass is 35.5. The number of aromatic nitrogens is 1. The van der Waals surface area contributed by atoms with Crippen molar-refractivity contribution < 1.29 is 38.1 Å². The van der Waals surface area contributed by atoms with E-state index in [-0.39, 0.29) is 43.2 Å². The van der Waals surface area contributed by atoms with Crippen LogP contribution in [0.15, 0.2) is 36.5 Å². The number of alkyl carbamates (subject to hydrolysis) is 1. The molecular weight excluding hydrogens is 664 g/mol. The fourth-order valence-electron chi connectivity index (χ4n) is 7.09. The predicted octanol–water partition coefficient (Wildman–Crippen LogP) is 5.59.